The Bertz CT molecular complexity index is 1350. The summed E-state index contributed by atoms with van der Waals surface area (Å²) in [7, 11) is 3.23. The van der Waals surface area contributed by atoms with Crippen molar-refractivity contribution in [3.05, 3.63) is 47.1 Å². The lowest BCUT2D eigenvalue weighted by molar-refractivity contribution is -0.117. The molecule has 2 aromatic carbocycles. The molecule has 0 spiro atoms. The molecule has 0 aliphatic carbocycles. The van der Waals surface area contributed by atoms with Crippen LogP contribution in [0, 0.1) is 0 Å². The molecule has 12 heteroatoms. The van der Waals surface area contributed by atoms with Gasteiger partial charge in [-0.3, -0.25) is 9.69 Å². The average molecular weight is 554 g/mol. The van der Waals surface area contributed by atoms with Gasteiger partial charge in [0.05, 0.1) is 51.5 Å². The van der Waals surface area contributed by atoms with E-state index in [0.717, 1.165) is 36.6 Å². The maximum Gasteiger partial charge on any atom is 0.238 e. The Balaban J connectivity index is 1.39. The zero-order chi connectivity index (χ0) is 27.4. The second kappa shape index (κ2) is 11.9. The molecule has 0 atom stereocenters. The lowest BCUT2D eigenvalue weighted by atomic mass is 10.1. The molecule has 2 aliphatic rings. The van der Waals surface area contributed by atoms with E-state index in [9.17, 15) is 4.79 Å². The van der Waals surface area contributed by atoms with E-state index < -0.39 is 0 Å². The summed E-state index contributed by atoms with van der Waals surface area (Å²) in [4.78, 5) is 25.7. The van der Waals surface area contributed by atoms with Crippen molar-refractivity contribution >= 4 is 52.0 Å². The smallest absolute Gasteiger partial charge is 0.238 e. The van der Waals surface area contributed by atoms with Gasteiger partial charge in [-0.2, -0.15) is 4.98 Å². The predicted octanol–water partition coefficient (Wildman–Crippen LogP) is 4.25. The number of likely N-dealkylation sites (N-methyl/N-ethyl adjacent to an activating group) is 1. The molecule has 0 saturated carbocycles. The molecule has 3 N–H and O–H groups in total. The Morgan fingerprint density at radius 2 is 1.82 bits per heavy atom. The molecule has 1 aromatic heterocycles. The molecule has 1 amide bonds. The van der Waals surface area contributed by atoms with Gasteiger partial charge < -0.3 is 35.1 Å². The van der Waals surface area contributed by atoms with Crippen molar-refractivity contribution < 1.29 is 19.0 Å². The number of aromatic nitrogens is 2. The number of nitrogens with one attached hydrogen (secondary N) is 3. The van der Waals surface area contributed by atoms with Crippen molar-refractivity contribution in [2.75, 3.05) is 74.5 Å². The second-order valence-electron chi connectivity index (χ2n) is 9.19. The third-order valence-corrected chi connectivity index (χ3v) is 6.99. The molecule has 1 saturated heterocycles. The number of rotatable bonds is 8. The summed E-state index contributed by atoms with van der Waals surface area (Å²) < 4.78 is 16.8. The topological polar surface area (TPSA) is 113 Å². The fourth-order valence-corrected chi connectivity index (χ4v) is 4.75. The predicted molar refractivity (Wildman–Crippen MR) is 152 cm³/mol. The minimum atomic E-state index is -0.0606. The van der Waals surface area contributed by atoms with Gasteiger partial charge in [-0.1, -0.05) is 18.5 Å². The second-order valence-corrected chi connectivity index (χ2v) is 9.59. The molecule has 0 radical (unpaired) electrons. The van der Waals surface area contributed by atoms with Crippen LogP contribution < -0.4 is 30.3 Å². The fraction of sp³-hybridized carbons (Fsp3) is 0.370. The Hall–Kier alpha value is -3.80. The van der Waals surface area contributed by atoms with E-state index in [1.807, 2.05) is 37.3 Å². The number of halogens is 1. The molecule has 3 heterocycles. The number of anilines is 6. The molecule has 1 fully saturated rings. The number of hydrogen-bond acceptors (Lipinski definition) is 10. The Kier molecular flexibility index (Phi) is 8.20. The van der Waals surface area contributed by atoms with E-state index in [1.165, 1.54) is 6.20 Å². The van der Waals surface area contributed by atoms with Crippen molar-refractivity contribution in [3.63, 3.8) is 0 Å². The fourth-order valence-electron chi connectivity index (χ4n) is 4.61. The molecular formula is C27H32ClN7O4. The number of fused-ring (bicyclic) bond motifs is 1. The molecule has 3 aromatic rings. The van der Waals surface area contributed by atoms with Crippen LogP contribution in [-0.2, 0) is 16.1 Å². The standard InChI is InChI=1S/C27H32ClN7O4/c1-4-34-15-17-11-23(37-2)22(13-21(17)30-25(36)16-34)32-27-29-14-19(28)26(33-27)31-20-6-5-18(12-24(20)38-3)35-7-9-39-10-8-35/h5-6,11-14H,4,7-10,15-16H2,1-3H3,(H,30,36)(H2,29,31,32,33). The van der Waals surface area contributed by atoms with Gasteiger partial charge >= 0.3 is 0 Å². The number of amides is 1. The van der Waals surface area contributed by atoms with E-state index in [1.54, 1.807) is 14.2 Å². The van der Waals surface area contributed by atoms with Crippen LogP contribution >= 0.6 is 11.6 Å². The number of carbonyl (C=O) groups is 1. The van der Waals surface area contributed by atoms with Crippen LogP contribution in [0.2, 0.25) is 5.02 Å². The van der Waals surface area contributed by atoms with Crippen LogP contribution in [0.15, 0.2) is 36.5 Å². The molecule has 0 unspecified atom stereocenters. The third-order valence-electron chi connectivity index (χ3n) is 6.71. The zero-order valence-corrected chi connectivity index (χ0v) is 23.0. The van der Waals surface area contributed by atoms with Crippen molar-refractivity contribution in [3.8, 4) is 11.5 Å². The summed E-state index contributed by atoms with van der Waals surface area (Å²) in [6.07, 6.45) is 1.52. The summed E-state index contributed by atoms with van der Waals surface area (Å²) in [6, 6.07) is 9.70. The zero-order valence-electron chi connectivity index (χ0n) is 22.2. The van der Waals surface area contributed by atoms with Crippen LogP contribution in [0.3, 0.4) is 0 Å². The minimum absolute atomic E-state index is 0.0606. The lowest BCUT2D eigenvalue weighted by Gasteiger charge is -2.29. The maximum atomic E-state index is 12.4. The van der Waals surface area contributed by atoms with Crippen molar-refractivity contribution in [1.82, 2.24) is 14.9 Å². The van der Waals surface area contributed by atoms with Crippen molar-refractivity contribution in [2.24, 2.45) is 0 Å². The van der Waals surface area contributed by atoms with E-state index in [4.69, 9.17) is 25.8 Å². The minimum Gasteiger partial charge on any atom is -0.495 e. The van der Waals surface area contributed by atoms with E-state index in [-0.39, 0.29) is 5.91 Å². The lowest BCUT2D eigenvalue weighted by Crippen LogP contribution is -2.36. The average Bonchev–Trinajstić information content (AvgIpc) is 3.12. The molecular weight excluding hydrogens is 522 g/mol. The van der Waals surface area contributed by atoms with Gasteiger partial charge in [0, 0.05) is 37.1 Å². The summed E-state index contributed by atoms with van der Waals surface area (Å²) in [5, 5.41) is 9.81. The van der Waals surface area contributed by atoms with Gasteiger partial charge in [0.2, 0.25) is 11.9 Å². The van der Waals surface area contributed by atoms with Crippen LogP contribution in [0.1, 0.15) is 12.5 Å². The molecule has 5 rings (SSSR count). The molecule has 2 aliphatic heterocycles. The highest BCUT2D eigenvalue weighted by Gasteiger charge is 2.21. The molecule has 0 bridgehead atoms. The van der Waals surface area contributed by atoms with Crippen LogP contribution in [0.4, 0.5) is 34.5 Å². The van der Waals surface area contributed by atoms with Crippen LogP contribution in [0.25, 0.3) is 0 Å². The first-order chi connectivity index (χ1) is 19.0. The quantitative estimate of drug-likeness (QED) is 0.374. The van der Waals surface area contributed by atoms with E-state index in [0.29, 0.717) is 66.0 Å². The number of morpholine rings is 1. The van der Waals surface area contributed by atoms with Gasteiger partial charge in [-0.25, -0.2) is 4.98 Å². The van der Waals surface area contributed by atoms with E-state index >= 15 is 0 Å². The number of benzene rings is 2. The summed E-state index contributed by atoms with van der Waals surface area (Å²) in [6.45, 7) is 6.83. The SMILES string of the molecule is CCN1CC(=O)Nc2cc(Nc3ncc(Cl)c(Nc4ccc(N5CCOCC5)cc4OC)n3)c(OC)cc2C1. The third kappa shape index (κ3) is 6.11. The van der Waals surface area contributed by atoms with Crippen molar-refractivity contribution in [2.45, 2.75) is 13.5 Å². The van der Waals surface area contributed by atoms with Crippen LogP contribution in [0.5, 0.6) is 11.5 Å². The largest absolute Gasteiger partial charge is 0.495 e. The van der Waals surface area contributed by atoms with Gasteiger partial charge in [0.1, 0.15) is 16.5 Å². The highest BCUT2D eigenvalue weighted by molar-refractivity contribution is 6.33. The first kappa shape index (κ1) is 26.8. The highest BCUT2D eigenvalue weighted by Crippen LogP contribution is 2.37. The van der Waals surface area contributed by atoms with Gasteiger partial charge in [-0.05, 0) is 36.4 Å². The normalized spacial score (nSPS) is 15.7. The summed E-state index contributed by atoms with van der Waals surface area (Å²) in [5.74, 6) is 1.92. The Morgan fingerprint density at radius 3 is 2.56 bits per heavy atom. The van der Waals surface area contributed by atoms with Gasteiger partial charge in [0.25, 0.3) is 0 Å². The Morgan fingerprint density at radius 1 is 1.05 bits per heavy atom. The number of carbonyl (C=O) groups excluding carboxylic acids is 1. The van der Waals surface area contributed by atoms with E-state index in [2.05, 4.69) is 35.7 Å². The van der Waals surface area contributed by atoms with Gasteiger partial charge in [-0.15, -0.1) is 0 Å². The summed E-state index contributed by atoms with van der Waals surface area (Å²) in [5.41, 5.74) is 4.07. The first-order valence-corrected chi connectivity index (χ1v) is 13.2. The molecule has 11 nitrogen and oxygen atoms in total. The maximum absolute atomic E-state index is 12.4. The highest BCUT2D eigenvalue weighted by atomic mass is 35.5. The Labute approximate surface area is 232 Å². The van der Waals surface area contributed by atoms with Gasteiger partial charge in [0.15, 0.2) is 5.82 Å². The first-order valence-electron chi connectivity index (χ1n) is 12.8. The molecule has 206 valence electrons. The van der Waals surface area contributed by atoms with Crippen LogP contribution in [-0.4, -0.2) is 74.4 Å². The number of hydrogen-bond donors (Lipinski definition) is 3. The molecule has 39 heavy (non-hydrogen) atoms. The number of nitrogens with zero attached hydrogens (tertiary/aromatic N) is 4. The van der Waals surface area contributed by atoms with Crippen molar-refractivity contribution in [1.29, 1.82) is 0 Å². The summed E-state index contributed by atoms with van der Waals surface area (Å²) >= 11 is 6.46. The number of methoxy groups -OCH3 is 2. The monoisotopic (exact) mass is 553 g/mol. The number of ether oxygens (including phenoxy) is 3.